The highest BCUT2D eigenvalue weighted by Crippen LogP contribution is 2.47. The van der Waals surface area contributed by atoms with Gasteiger partial charge < -0.3 is 14.5 Å². The first-order valence-corrected chi connectivity index (χ1v) is 12.5. The van der Waals surface area contributed by atoms with Crippen molar-refractivity contribution in [3.05, 3.63) is 66.5 Å². The lowest BCUT2D eigenvalue weighted by Crippen LogP contribution is -2.13. The molecule has 0 aliphatic heterocycles. The fourth-order valence-corrected chi connectivity index (χ4v) is 4.92. The monoisotopic (exact) mass is 428 g/mol. The number of aromatic nitrogens is 2. The predicted octanol–water partition coefficient (Wildman–Crippen LogP) is 7.35. The van der Waals surface area contributed by atoms with Gasteiger partial charge in [0.2, 0.25) is 0 Å². The van der Waals surface area contributed by atoms with Crippen molar-refractivity contribution in [3.8, 4) is 5.75 Å². The van der Waals surface area contributed by atoms with E-state index >= 15 is 0 Å². The first-order chi connectivity index (χ1) is 14.7. The number of rotatable bonds is 14. The maximum atomic E-state index is 13.7. The van der Waals surface area contributed by atoms with Gasteiger partial charge >= 0.3 is 7.67 Å². The van der Waals surface area contributed by atoms with Crippen molar-refractivity contribution >= 4 is 19.3 Å². The summed E-state index contributed by atoms with van der Waals surface area (Å²) in [4.78, 5) is 6.04. The molecule has 2 aromatic heterocycles. The van der Waals surface area contributed by atoms with E-state index in [1.165, 1.54) is 38.5 Å². The van der Waals surface area contributed by atoms with E-state index in [0.717, 1.165) is 18.4 Å². The molecule has 162 valence electrons. The minimum Gasteiger partial charge on any atom is -0.414 e. The Balaban J connectivity index is 1.64. The lowest BCUT2D eigenvalue weighted by atomic mass is 10.0. The fraction of sp³-hybridized carbons (Fsp3) is 0.391. The van der Waals surface area contributed by atoms with E-state index in [1.807, 2.05) is 42.5 Å². The number of anilines is 2. The molecule has 0 aliphatic carbocycles. The average Bonchev–Trinajstić information content (AvgIpc) is 3.42. The predicted molar refractivity (Wildman–Crippen MR) is 125 cm³/mol. The van der Waals surface area contributed by atoms with E-state index in [-0.39, 0.29) is 0 Å². The van der Waals surface area contributed by atoms with Gasteiger partial charge in [-0.05, 0) is 48.7 Å². The number of aromatic amines is 2. The van der Waals surface area contributed by atoms with Gasteiger partial charge in [0.1, 0.15) is 17.4 Å². The SMILES string of the molecule is CCCCCCCCCc1ccccc1OP(=O)(Nc1ccc[nH]1)Nc1ccc[nH]1. The molecule has 3 rings (SSSR count). The van der Waals surface area contributed by atoms with Gasteiger partial charge in [0.25, 0.3) is 0 Å². The van der Waals surface area contributed by atoms with Crippen molar-refractivity contribution in [2.45, 2.75) is 58.3 Å². The van der Waals surface area contributed by atoms with Gasteiger partial charge in [-0.3, -0.25) is 10.2 Å². The third-order valence-electron chi connectivity index (χ3n) is 4.98. The van der Waals surface area contributed by atoms with Gasteiger partial charge in [0.05, 0.1) is 0 Å². The standard InChI is InChI=1S/C23H33N4O2P/c1-2-3-4-5-6-7-8-13-20-14-9-10-15-21(20)29-30(28,26-22-16-11-18-24-22)27-23-17-12-19-25-23/h9-12,14-19,24-25H,2-8,13H2,1H3,(H2,26,27,28). The van der Waals surface area contributed by atoms with E-state index in [4.69, 9.17) is 4.52 Å². The number of nitrogens with one attached hydrogen (secondary N) is 4. The second-order valence-corrected chi connectivity index (χ2v) is 9.25. The van der Waals surface area contributed by atoms with Gasteiger partial charge in [-0.15, -0.1) is 0 Å². The number of H-pyrrole nitrogens is 2. The van der Waals surface area contributed by atoms with E-state index in [2.05, 4.69) is 33.1 Å². The van der Waals surface area contributed by atoms with Crippen LogP contribution in [0.25, 0.3) is 0 Å². The highest BCUT2D eigenvalue weighted by molar-refractivity contribution is 7.62. The number of hydrogen-bond donors (Lipinski definition) is 4. The second kappa shape index (κ2) is 11.6. The Labute approximate surface area is 179 Å². The highest BCUT2D eigenvalue weighted by atomic mass is 31.2. The summed E-state index contributed by atoms with van der Waals surface area (Å²) in [6, 6.07) is 15.2. The molecule has 3 aromatic rings. The number of para-hydroxylation sites is 1. The molecule has 4 N–H and O–H groups in total. The van der Waals surface area contributed by atoms with Crippen LogP contribution >= 0.6 is 7.67 Å². The van der Waals surface area contributed by atoms with E-state index < -0.39 is 7.67 Å². The molecule has 1 aromatic carbocycles. The van der Waals surface area contributed by atoms with E-state index in [1.54, 1.807) is 12.4 Å². The minimum atomic E-state index is -3.47. The summed E-state index contributed by atoms with van der Waals surface area (Å²) in [6.07, 6.45) is 13.3. The molecule has 0 amide bonds. The Morgan fingerprint density at radius 3 is 2.00 bits per heavy atom. The van der Waals surface area contributed by atoms with Gasteiger partial charge in [-0.25, -0.2) is 4.57 Å². The molecule has 7 heteroatoms. The van der Waals surface area contributed by atoms with Gasteiger partial charge in [0.15, 0.2) is 0 Å². The van der Waals surface area contributed by atoms with E-state index in [0.29, 0.717) is 17.4 Å². The topological polar surface area (TPSA) is 81.9 Å². The number of hydrogen-bond acceptors (Lipinski definition) is 2. The molecule has 0 spiro atoms. The van der Waals surface area contributed by atoms with Crippen LogP contribution in [0.2, 0.25) is 0 Å². The molecule has 0 atom stereocenters. The zero-order valence-corrected chi connectivity index (χ0v) is 18.6. The molecule has 0 bridgehead atoms. The van der Waals surface area contributed by atoms with Crippen molar-refractivity contribution in [1.29, 1.82) is 0 Å². The third-order valence-corrected chi connectivity index (χ3v) is 6.50. The van der Waals surface area contributed by atoms with Gasteiger partial charge in [-0.1, -0.05) is 63.6 Å². The minimum absolute atomic E-state index is 0.627. The van der Waals surface area contributed by atoms with Crippen LogP contribution in [-0.2, 0) is 11.0 Å². The van der Waals surface area contributed by atoms with Crippen LogP contribution in [0, 0.1) is 0 Å². The van der Waals surface area contributed by atoms with E-state index in [9.17, 15) is 4.57 Å². The number of aryl methyl sites for hydroxylation is 1. The van der Waals surface area contributed by atoms with Crippen LogP contribution in [0.3, 0.4) is 0 Å². The zero-order chi connectivity index (χ0) is 21.1. The zero-order valence-electron chi connectivity index (χ0n) is 17.7. The van der Waals surface area contributed by atoms with Crippen molar-refractivity contribution in [2.24, 2.45) is 0 Å². The summed E-state index contributed by atoms with van der Waals surface area (Å²) in [7, 11) is -3.47. The summed E-state index contributed by atoms with van der Waals surface area (Å²) < 4.78 is 19.7. The molecular weight excluding hydrogens is 395 g/mol. The smallest absolute Gasteiger partial charge is 0.414 e. The fourth-order valence-electron chi connectivity index (χ4n) is 3.40. The molecule has 0 radical (unpaired) electrons. The summed E-state index contributed by atoms with van der Waals surface area (Å²) in [5.74, 6) is 1.90. The molecule has 0 saturated carbocycles. The van der Waals surface area contributed by atoms with Crippen LogP contribution in [0.4, 0.5) is 11.6 Å². The molecular formula is C23H33N4O2P. The van der Waals surface area contributed by atoms with Crippen molar-refractivity contribution in [1.82, 2.24) is 9.97 Å². The first-order valence-electron chi connectivity index (χ1n) is 10.9. The van der Waals surface area contributed by atoms with Crippen LogP contribution < -0.4 is 14.7 Å². The quantitative estimate of drug-likeness (QED) is 0.160. The maximum absolute atomic E-state index is 13.7. The molecule has 0 fully saturated rings. The number of benzene rings is 1. The largest absolute Gasteiger partial charge is 0.446 e. The Kier molecular flexibility index (Phi) is 8.52. The second-order valence-electron chi connectivity index (χ2n) is 7.51. The van der Waals surface area contributed by atoms with Crippen LogP contribution in [0.15, 0.2) is 60.9 Å². The lowest BCUT2D eigenvalue weighted by molar-refractivity contribution is 0.488. The molecule has 0 unspecified atom stereocenters. The van der Waals surface area contributed by atoms with Gasteiger partial charge in [0, 0.05) is 12.4 Å². The molecule has 30 heavy (non-hydrogen) atoms. The van der Waals surface area contributed by atoms with Crippen LogP contribution in [0.1, 0.15) is 57.4 Å². The highest BCUT2D eigenvalue weighted by Gasteiger charge is 2.27. The average molecular weight is 429 g/mol. The number of unbranched alkanes of at least 4 members (excludes halogenated alkanes) is 6. The normalized spacial score (nSPS) is 11.4. The lowest BCUT2D eigenvalue weighted by Gasteiger charge is -2.22. The Bertz CT molecular complexity index is 854. The van der Waals surface area contributed by atoms with Crippen LogP contribution in [-0.4, -0.2) is 9.97 Å². The summed E-state index contributed by atoms with van der Waals surface area (Å²) in [5.41, 5.74) is 1.08. The van der Waals surface area contributed by atoms with Crippen molar-refractivity contribution in [3.63, 3.8) is 0 Å². The Morgan fingerprint density at radius 2 is 1.40 bits per heavy atom. The molecule has 2 heterocycles. The van der Waals surface area contributed by atoms with Crippen molar-refractivity contribution < 1.29 is 9.09 Å². The Hall–Kier alpha value is -2.59. The summed E-state index contributed by atoms with van der Waals surface area (Å²) >= 11 is 0. The maximum Gasteiger partial charge on any atom is 0.446 e. The Morgan fingerprint density at radius 1 is 0.800 bits per heavy atom. The van der Waals surface area contributed by atoms with Crippen molar-refractivity contribution in [2.75, 3.05) is 10.2 Å². The first kappa shape index (κ1) is 22.1. The summed E-state index contributed by atoms with van der Waals surface area (Å²) in [5, 5.41) is 5.98. The molecule has 0 saturated heterocycles. The van der Waals surface area contributed by atoms with Crippen LogP contribution in [0.5, 0.6) is 5.75 Å². The van der Waals surface area contributed by atoms with Gasteiger partial charge in [-0.2, -0.15) is 0 Å². The molecule has 0 aliphatic rings. The molecule has 6 nitrogen and oxygen atoms in total. The summed E-state index contributed by atoms with van der Waals surface area (Å²) in [6.45, 7) is 2.24. The third kappa shape index (κ3) is 7.03.